The van der Waals surface area contributed by atoms with E-state index >= 15 is 0 Å². The normalized spacial score (nSPS) is 19.0. The number of carbonyl (C=O) groups excluding carboxylic acids is 1. The highest BCUT2D eigenvalue weighted by Gasteiger charge is 2.14. The number of hydrogen-bond donors (Lipinski definition) is 0. The molecule has 0 unspecified atom stereocenters. The molecule has 5 heteroatoms. The van der Waals surface area contributed by atoms with Gasteiger partial charge in [-0.15, -0.1) is 4.53 Å². The van der Waals surface area contributed by atoms with Crippen LogP contribution in [-0.2, 0) is 4.79 Å². The lowest BCUT2D eigenvalue weighted by atomic mass is 10.7. The molecule has 0 aromatic carbocycles. The first-order valence-corrected chi connectivity index (χ1v) is 2.00. The number of carbonyl (C=O) groups is 1. The second-order valence-electron chi connectivity index (χ2n) is 1.04. The first-order chi connectivity index (χ1) is 3.30. The summed E-state index contributed by atoms with van der Waals surface area (Å²) in [5.74, 6) is -0.276. The van der Waals surface area contributed by atoms with Crippen LogP contribution in [0.25, 0.3) is 0 Å². The molecule has 0 N–H and O–H groups in total. The molecule has 0 aromatic heterocycles. The van der Waals surface area contributed by atoms with Crippen molar-refractivity contribution in [2.75, 3.05) is 6.54 Å². The molecule has 1 amide bonds. The van der Waals surface area contributed by atoms with E-state index in [2.05, 4.69) is 10.3 Å². The third-order valence-corrected chi connectivity index (χ3v) is 0.810. The van der Waals surface area contributed by atoms with Gasteiger partial charge in [0.15, 0.2) is 0 Å². The highest BCUT2D eigenvalue weighted by molar-refractivity contribution is 6.21. The number of nitrogens with zero attached hydrogens (tertiary/aromatic N) is 3. The Balaban J connectivity index is 2.62. The van der Waals surface area contributed by atoms with E-state index in [4.69, 9.17) is 11.8 Å². The van der Waals surface area contributed by atoms with E-state index in [1.165, 1.54) is 0 Å². The first kappa shape index (κ1) is 4.52. The highest BCUT2D eigenvalue weighted by atomic mass is 35.5. The van der Waals surface area contributed by atoms with E-state index < -0.39 is 0 Å². The third-order valence-electron chi connectivity index (χ3n) is 0.554. The summed E-state index contributed by atoms with van der Waals surface area (Å²) in [6.07, 6.45) is 0. The SMILES string of the molecule is O=C1CN=NN1Cl. The fourth-order valence-electron chi connectivity index (χ4n) is 0.256. The van der Waals surface area contributed by atoms with Gasteiger partial charge in [0.05, 0.1) is 0 Å². The second-order valence-corrected chi connectivity index (χ2v) is 1.36. The molecular formula is C2H2ClN3O. The Morgan fingerprint density at radius 3 is 2.71 bits per heavy atom. The molecule has 0 saturated carbocycles. The van der Waals surface area contributed by atoms with Crippen LogP contribution < -0.4 is 0 Å². The maximum atomic E-state index is 10.2. The summed E-state index contributed by atoms with van der Waals surface area (Å²) in [6, 6.07) is 0. The van der Waals surface area contributed by atoms with Crippen molar-refractivity contribution in [1.29, 1.82) is 0 Å². The Labute approximate surface area is 44.9 Å². The molecule has 38 valence electrons. The summed E-state index contributed by atoms with van der Waals surface area (Å²) < 4.78 is 0.694. The van der Waals surface area contributed by atoms with Gasteiger partial charge in [0.2, 0.25) is 0 Å². The van der Waals surface area contributed by atoms with Crippen molar-refractivity contribution >= 4 is 17.7 Å². The van der Waals surface area contributed by atoms with Crippen LogP contribution in [0.4, 0.5) is 0 Å². The quantitative estimate of drug-likeness (QED) is 0.425. The van der Waals surface area contributed by atoms with Gasteiger partial charge >= 0.3 is 0 Å². The van der Waals surface area contributed by atoms with Gasteiger partial charge in [0.1, 0.15) is 6.54 Å². The van der Waals surface area contributed by atoms with Gasteiger partial charge in [0.25, 0.3) is 5.91 Å². The van der Waals surface area contributed by atoms with Gasteiger partial charge < -0.3 is 0 Å². The van der Waals surface area contributed by atoms with Crippen molar-refractivity contribution < 1.29 is 4.79 Å². The lowest BCUT2D eigenvalue weighted by Gasteiger charge is -1.90. The zero-order chi connectivity index (χ0) is 5.28. The minimum atomic E-state index is -0.276. The molecule has 1 aliphatic heterocycles. The minimum Gasteiger partial charge on any atom is -0.269 e. The molecule has 0 atom stereocenters. The molecule has 0 fully saturated rings. The molecule has 0 bridgehead atoms. The molecule has 1 aliphatic rings. The zero-order valence-electron chi connectivity index (χ0n) is 3.33. The largest absolute Gasteiger partial charge is 0.282 e. The van der Waals surface area contributed by atoms with Crippen LogP contribution >= 0.6 is 11.8 Å². The maximum absolute atomic E-state index is 10.2. The van der Waals surface area contributed by atoms with Crippen molar-refractivity contribution in [2.24, 2.45) is 10.3 Å². The van der Waals surface area contributed by atoms with E-state index in [9.17, 15) is 4.79 Å². The summed E-state index contributed by atoms with van der Waals surface area (Å²) >= 11 is 5.09. The number of hydrogen-bond acceptors (Lipinski definition) is 3. The standard InChI is InChI=1S/C2H2ClN3O/c3-6-2(7)1-4-5-6/h1H2. The predicted octanol–water partition coefficient (Wildman–Crippen LogP) is 0.350. The monoisotopic (exact) mass is 119 g/mol. The van der Waals surface area contributed by atoms with Crippen molar-refractivity contribution in [3.8, 4) is 0 Å². The maximum Gasteiger partial charge on any atom is 0.282 e. The zero-order valence-corrected chi connectivity index (χ0v) is 4.09. The molecule has 0 saturated heterocycles. The van der Waals surface area contributed by atoms with Crippen LogP contribution in [0.1, 0.15) is 0 Å². The van der Waals surface area contributed by atoms with Crippen molar-refractivity contribution in [1.82, 2.24) is 4.53 Å². The summed E-state index contributed by atoms with van der Waals surface area (Å²) in [4.78, 5) is 10.2. The lowest BCUT2D eigenvalue weighted by Crippen LogP contribution is -2.10. The van der Waals surface area contributed by atoms with Gasteiger partial charge in [-0.25, -0.2) is 0 Å². The predicted molar refractivity (Wildman–Crippen MR) is 22.4 cm³/mol. The fourth-order valence-corrected chi connectivity index (χ4v) is 0.357. The van der Waals surface area contributed by atoms with E-state index in [1.807, 2.05) is 0 Å². The van der Waals surface area contributed by atoms with E-state index in [1.54, 1.807) is 0 Å². The van der Waals surface area contributed by atoms with Crippen molar-refractivity contribution in [3.05, 3.63) is 0 Å². The highest BCUT2D eigenvalue weighted by Crippen LogP contribution is 2.03. The Hall–Kier alpha value is -0.640. The molecule has 1 rings (SSSR count). The number of halogens is 1. The van der Waals surface area contributed by atoms with Gasteiger partial charge in [-0.2, -0.15) is 5.11 Å². The van der Waals surface area contributed by atoms with E-state index in [0.29, 0.717) is 4.53 Å². The Morgan fingerprint density at radius 1 is 1.86 bits per heavy atom. The molecule has 0 radical (unpaired) electrons. The van der Waals surface area contributed by atoms with Gasteiger partial charge in [-0.3, -0.25) is 4.79 Å². The minimum absolute atomic E-state index is 0.0868. The molecule has 0 spiro atoms. The lowest BCUT2D eigenvalue weighted by molar-refractivity contribution is -0.123. The average Bonchev–Trinajstić information content (AvgIpc) is 1.91. The number of amides is 1. The molecule has 0 aromatic rings. The topological polar surface area (TPSA) is 45.0 Å². The van der Waals surface area contributed by atoms with Gasteiger partial charge in [0, 0.05) is 11.8 Å². The Kier molecular flexibility index (Phi) is 0.941. The van der Waals surface area contributed by atoms with Crippen LogP contribution in [0.15, 0.2) is 10.3 Å². The molecular weight excluding hydrogens is 117 g/mol. The Morgan fingerprint density at radius 2 is 2.57 bits per heavy atom. The van der Waals surface area contributed by atoms with Crippen LogP contribution in [-0.4, -0.2) is 17.0 Å². The van der Waals surface area contributed by atoms with E-state index in [0.717, 1.165) is 0 Å². The molecule has 7 heavy (non-hydrogen) atoms. The van der Waals surface area contributed by atoms with E-state index in [-0.39, 0.29) is 12.5 Å². The van der Waals surface area contributed by atoms with Crippen molar-refractivity contribution in [2.45, 2.75) is 0 Å². The van der Waals surface area contributed by atoms with Crippen LogP contribution in [0.5, 0.6) is 0 Å². The van der Waals surface area contributed by atoms with Crippen LogP contribution in [0.2, 0.25) is 0 Å². The summed E-state index contributed by atoms with van der Waals surface area (Å²) in [7, 11) is 0. The van der Waals surface area contributed by atoms with Crippen LogP contribution in [0.3, 0.4) is 0 Å². The fraction of sp³-hybridized carbons (Fsp3) is 0.500. The van der Waals surface area contributed by atoms with Crippen LogP contribution in [0, 0.1) is 0 Å². The first-order valence-electron chi connectivity index (χ1n) is 1.67. The average molecular weight is 120 g/mol. The molecule has 4 nitrogen and oxygen atoms in total. The van der Waals surface area contributed by atoms with Gasteiger partial charge in [-0.1, -0.05) is 5.22 Å². The van der Waals surface area contributed by atoms with Crippen molar-refractivity contribution in [3.63, 3.8) is 0 Å². The third kappa shape index (κ3) is 0.691. The number of rotatable bonds is 0. The molecule has 1 heterocycles. The van der Waals surface area contributed by atoms with Gasteiger partial charge in [-0.05, 0) is 0 Å². The Bertz CT molecular complexity index is 122. The summed E-state index contributed by atoms with van der Waals surface area (Å²) in [5.41, 5.74) is 0. The summed E-state index contributed by atoms with van der Waals surface area (Å²) in [6.45, 7) is 0.0868. The molecule has 0 aliphatic carbocycles. The smallest absolute Gasteiger partial charge is 0.269 e. The second kappa shape index (κ2) is 1.46. The summed E-state index contributed by atoms with van der Waals surface area (Å²) in [5, 5.41) is 6.51.